The Hall–Kier alpha value is -2.97. The summed E-state index contributed by atoms with van der Waals surface area (Å²) in [6, 6.07) is 7.96. The second-order valence-corrected chi connectivity index (χ2v) is 7.39. The molecule has 1 fully saturated rings. The predicted octanol–water partition coefficient (Wildman–Crippen LogP) is 4.19. The summed E-state index contributed by atoms with van der Waals surface area (Å²) in [5.41, 5.74) is -0.839. The highest BCUT2D eigenvalue weighted by Crippen LogP contribution is 2.32. The van der Waals surface area contributed by atoms with E-state index in [1.54, 1.807) is 0 Å². The van der Waals surface area contributed by atoms with Gasteiger partial charge in [0.15, 0.2) is 0 Å². The van der Waals surface area contributed by atoms with Gasteiger partial charge >= 0.3 is 6.18 Å². The van der Waals surface area contributed by atoms with Crippen LogP contribution in [0.25, 0.3) is 0 Å². The van der Waals surface area contributed by atoms with E-state index in [1.807, 2.05) is 0 Å². The first-order valence-electron chi connectivity index (χ1n) is 9.84. The van der Waals surface area contributed by atoms with Gasteiger partial charge in [-0.05, 0) is 43.0 Å². The predicted molar refractivity (Wildman–Crippen MR) is 103 cm³/mol. The molecule has 1 aliphatic rings. The maximum absolute atomic E-state index is 13.8. The van der Waals surface area contributed by atoms with E-state index < -0.39 is 29.3 Å². The topological polar surface area (TPSA) is 49.4 Å². The van der Waals surface area contributed by atoms with Crippen molar-refractivity contribution in [2.75, 3.05) is 19.6 Å². The SMILES string of the molecule is O=C(NCCc1ccccc1C(F)(F)F)C1CCN(C(=O)c2ccc(F)cc2F)CC1. The third-order valence-electron chi connectivity index (χ3n) is 5.33. The highest BCUT2D eigenvalue weighted by atomic mass is 19.4. The van der Waals surface area contributed by atoms with Crippen molar-refractivity contribution < 1.29 is 31.5 Å². The van der Waals surface area contributed by atoms with Crippen molar-refractivity contribution >= 4 is 11.8 Å². The van der Waals surface area contributed by atoms with Crippen molar-refractivity contribution in [3.63, 3.8) is 0 Å². The number of carbonyl (C=O) groups is 2. The Labute approximate surface area is 176 Å². The number of nitrogens with zero attached hydrogens (tertiary/aromatic N) is 1. The highest BCUT2D eigenvalue weighted by Gasteiger charge is 2.33. The molecule has 0 unspecified atom stereocenters. The Morgan fingerprint density at radius 1 is 1.03 bits per heavy atom. The molecule has 0 radical (unpaired) electrons. The summed E-state index contributed by atoms with van der Waals surface area (Å²) >= 11 is 0. The van der Waals surface area contributed by atoms with Crippen molar-refractivity contribution in [1.29, 1.82) is 0 Å². The van der Waals surface area contributed by atoms with Crippen molar-refractivity contribution in [3.8, 4) is 0 Å². The molecule has 2 aromatic carbocycles. The number of benzene rings is 2. The van der Waals surface area contributed by atoms with E-state index in [2.05, 4.69) is 5.32 Å². The molecule has 31 heavy (non-hydrogen) atoms. The van der Waals surface area contributed by atoms with Gasteiger partial charge in [-0.25, -0.2) is 8.78 Å². The lowest BCUT2D eigenvalue weighted by Crippen LogP contribution is -2.43. The molecule has 3 rings (SSSR count). The molecule has 0 saturated carbocycles. The minimum atomic E-state index is -4.45. The lowest BCUT2D eigenvalue weighted by Gasteiger charge is -2.31. The van der Waals surface area contributed by atoms with Crippen LogP contribution in [0.3, 0.4) is 0 Å². The Bertz CT molecular complexity index is 953. The summed E-state index contributed by atoms with van der Waals surface area (Å²) < 4.78 is 65.9. The van der Waals surface area contributed by atoms with Crippen LogP contribution in [0.2, 0.25) is 0 Å². The lowest BCUT2D eigenvalue weighted by molar-refractivity contribution is -0.138. The summed E-state index contributed by atoms with van der Waals surface area (Å²) in [4.78, 5) is 26.2. The van der Waals surface area contributed by atoms with Crippen molar-refractivity contribution in [1.82, 2.24) is 10.2 Å². The number of hydrogen-bond acceptors (Lipinski definition) is 2. The van der Waals surface area contributed by atoms with E-state index in [1.165, 1.54) is 23.1 Å². The standard InChI is InChI=1S/C22H21F5N2O2/c23-16-5-6-17(19(24)13-16)21(31)29-11-8-15(9-12-29)20(30)28-10-7-14-3-1-2-4-18(14)22(25,26)27/h1-6,13,15H,7-12H2,(H,28,30). The summed E-state index contributed by atoms with van der Waals surface area (Å²) in [6.07, 6.45) is -3.72. The van der Waals surface area contributed by atoms with E-state index in [0.717, 1.165) is 18.2 Å². The number of likely N-dealkylation sites (tertiary alicyclic amines) is 1. The fourth-order valence-electron chi connectivity index (χ4n) is 3.66. The molecule has 1 saturated heterocycles. The van der Waals surface area contributed by atoms with Crippen LogP contribution >= 0.6 is 0 Å². The van der Waals surface area contributed by atoms with Crippen molar-refractivity contribution in [3.05, 3.63) is 70.8 Å². The second kappa shape index (κ2) is 9.45. The molecule has 9 heteroatoms. The van der Waals surface area contributed by atoms with Gasteiger partial charge in [-0.2, -0.15) is 13.2 Å². The first-order valence-corrected chi connectivity index (χ1v) is 9.84. The van der Waals surface area contributed by atoms with Gasteiger partial charge in [0.1, 0.15) is 11.6 Å². The summed E-state index contributed by atoms with van der Waals surface area (Å²) in [5, 5.41) is 2.66. The quantitative estimate of drug-likeness (QED) is 0.709. The number of rotatable bonds is 5. The first kappa shape index (κ1) is 22.7. The maximum atomic E-state index is 13.8. The normalized spacial score (nSPS) is 15.1. The summed E-state index contributed by atoms with van der Waals surface area (Å²) in [5.74, 6) is -2.96. The monoisotopic (exact) mass is 440 g/mol. The number of nitrogens with one attached hydrogen (secondary N) is 1. The molecular weight excluding hydrogens is 419 g/mol. The smallest absolute Gasteiger partial charge is 0.356 e. The number of hydrogen-bond donors (Lipinski definition) is 1. The van der Waals surface area contributed by atoms with Crippen molar-refractivity contribution in [2.45, 2.75) is 25.4 Å². The molecule has 0 aliphatic carbocycles. The Morgan fingerprint density at radius 2 is 1.71 bits per heavy atom. The third-order valence-corrected chi connectivity index (χ3v) is 5.33. The molecular formula is C22H21F5N2O2. The maximum Gasteiger partial charge on any atom is 0.416 e. The molecule has 0 bridgehead atoms. The molecule has 2 aromatic rings. The average molecular weight is 440 g/mol. The van der Waals surface area contributed by atoms with Crippen LogP contribution in [-0.4, -0.2) is 36.3 Å². The zero-order valence-corrected chi connectivity index (χ0v) is 16.5. The van der Waals surface area contributed by atoms with Gasteiger partial charge in [-0.1, -0.05) is 18.2 Å². The molecule has 0 aromatic heterocycles. The number of alkyl halides is 3. The average Bonchev–Trinajstić information content (AvgIpc) is 2.73. The Balaban J connectivity index is 1.49. The van der Waals surface area contributed by atoms with E-state index in [0.29, 0.717) is 18.9 Å². The largest absolute Gasteiger partial charge is 0.416 e. The van der Waals surface area contributed by atoms with Crippen LogP contribution < -0.4 is 5.32 Å². The van der Waals surface area contributed by atoms with E-state index in [-0.39, 0.29) is 49.0 Å². The number of carbonyl (C=O) groups excluding carboxylic acids is 2. The second-order valence-electron chi connectivity index (χ2n) is 7.39. The Morgan fingerprint density at radius 3 is 2.35 bits per heavy atom. The summed E-state index contributed by atoms with van der Waals surface area (Å²) in [7, 11) is 0. The fraction of sp³-hybridized carbons (Fsp3) is 0.364. The van der Waals surface area contributed by atoms with Crippen LogP contribution in [0, 0.1) is 17.6 Å². The molecule has 1 aliphatic heterocycles. The molecule has 1 N–H and O–H groups in total. The van der Waals surface area contributed by atoms with Crippen molar-refractivity contribution in [2.24, 2.45) is 5.92 Å². The van der Waals surface area contributed by atoms with Gasteiger partial charge in [0.25, 0.3) is 5.91 Å². The molecule has 0 atom stereocenters. The zero-order valence-electron chi connectivity index (χ0n) is 16.5. The molecule has 0 spiro atoms. The van der Waals surface area contributed by atoms with Gasteiger partial charge in [0.05, 0.1) is 11.1 Å². The minimum Gasteiger partial charge on any atom is -0.356 e. The minimum absolute atomic E-state index is 0.0442. The van der Waals surface area contributed by atoms with Crippen LogP contribution in [0.15, 0.2) is 42.5 Å². The molecule has 2 amide bonds. The van der Waals surface area contributed by atoms with Gasteiger partial charge in [0, 0.05) is 31.6 Å². The van der Waals surface area contributed by atoms with Crippen LogP contribution in [0.5, 0.6) is 0 Å². The van der Waals surface area contributed by atoms with Crippen LogP contribution in [-0.2, 0) is 17.4 Å². The number of amides is 2. The van der Waals surface area contributed by atoms with Crippen LogP contribution in [0.1, 0.15) is 34.3 Å². The third kappa shape index (κ3) is 5.59. The molecule has 4 nitrogen and oxygen atoms in total. The zero-order chi connectivity index (χ0) is 22.6. The van der Waals surface area contributed by atoms with Crippen LogP contribution in [0.4, 0.5) is 22.0 Å². The van der Waals surface area contributed by atoms with E-state index >= 15 is 0 Å². The first-order chi connectivity index (χ1) is 14.7. The number of halogens is 5. The van der Waals surface area contributed by atoms with E-state index in [4.69, 9.17) is 0 Å². The van der Waals surface area contributed by atoms with Gasteiger partial charge in [-0.3, -0.25) is 9.59 Å². The van der Waals surface area contributed by atoms with Gasteiger partial charge in [0.2, 0.25) is 5.91 Å². The summed E-state index contributed by atoms with van der Waals surface area (Å²) in [6.45, 7) is 0.515. The number of piperidine rings is 1. The highest BCUT2D eigenvalue weighted by molar-refractivity contribution is 5.94. The molecule has 166 valence electrons. The van der Waals surface area contributed by atoms with E-state index in [9.17, 15) is 31.5 Å². The lowest BCUT2D eigenvalue weighted by atomic mass is 9.95. The molecule has 1 heterocycles. The fourth-order valence-corrected chi connectivity index (χ4v) is 3.66. The Kier molecular flexibility index (Phi) is 6.92. The van der Waals surface area contributed by atoms with Gasteiger partial charge in [-0.15, -0.1) is 0 Å². The van der Waals surface area contributed by atoms with Gasteiger partial charge < -0.3 is 10.2 Å².